The molecule has 0 radical (unpaired) electrons. The summed E-state index contributed by atoms with van der Waals surface area (Å²) < 4.78 is 9.99. The maximum absolute atomic E-state index is 9.00. The quantitative estimate of drug-likeness (QED) is 0.577. The van der Waals surface area contributed by atoms with Crippen molar-refractivity contribution in [1.82, 2.24) is 0 Å². The van der Waals surface area contributed by atoms with Gasteiger partial charge in [0.05, 0.1) is 0 Å². The van der Waals surface area contributed by atoms with Crippen LogP contribution in [0.4, 0.5) is 0 Å². The molecule has 1 aromatic rings. The van der Waals surface area contributed by atoms with E-state index in [4.69, 9.17) is 31.1 Å². The van der Waals surface area contributed by atoms with Gasteiger partial charge in [0, 0.05) is 23.2 Å². The molecule has 1 aromatic carbocycles. The van der Waals surface area contributed by atoms with Gasteiger partial charge in [-0.1, -0.05) is 17.7 Å². The SMILES string of the molecule is COCOc1ccc(B(O)O)c(Cl)c1C. The van der Waals surface area contributed by atoms with Crippen molar-refractivity contribution in [2.45, 2.75) is 6.92 Å². The number of halogens is 1. The van der Waals surface area contributed by atoms with Gasteiger partial charge < -0.3 is 19.5 Å². The summed E-state index contributed by atoms with van der Waals surface area (Å²) in [6.07, 6.45) is 0. The molecular formula is C9H12BClO4. The van der Waals surface area contributed by atoms with Gasteiger partial charge in [-0.05, 0) is 13.0 Å². The third-order valence-electron chi connectivity index (χ3n) is 1.98. The van der Waals surface area contributed by atoms with E-state index >= 15 is 0 Å². The summed E-state index contributed by atoms with van der Waals surface area (Å²) in [6, 6.07) is 3.12. The van der Waals surface area contributed by atoms with E-state index in [1.54, 1.807) is 13.0 Å². The second kappa shape index (κ2) is 5.37. The van der Waals surface area contributed by atoms with E-state index < -0.39 is 7.12 Å². The van der Waals surface area contributed by atoms with E-state index in [1.807, 2.05) is 0 Å². The summed E-state index contributed by atoms with van der Waals surface area (Å²) in [5.41, 5.74) is 0.915. The van der Waals surface area contributed by atoms with Gasteiger partial charge >= 0.3 is 7.12 Å². The van der Waals surface area contributed by atoms with Crippen LogP contribution in [0.3, 0.4) is 0 Å². The summed E-state index contributed by atoms with van der Waals surface area (Å²) in [7, 11) is -0.0596. The van der Waals surface area contributed by atoms with Crippen LogP contribution >= 0.6 is 11.6 Å². The Morgan fingerprint density at radius 3 is 2.60 bits per heavy atom. The van der Waals surface area contributed by atoms with Crippen molar-refractivity contribution >= 4 is 24.2 Å². The number of rotatable bonds is 4. The van der Waals surface area contributed by atoms with Crippen molar-refractivity contribution < 1.29 is 19.5 Å². The summed E-state index contributed by atoms with van der Waals surface area (Å²) in [5.74, 6) is 0.561. The standard InChI is InChI=1S/C9H12BClO4/c1-6-8(15-5-14-2)4-3-7(9(6)11)10(12)13/h3-4,12-13H,5H2,1-2H3. The Balaban J connectivity index is 2.99. The Bertz CT molecular complexity index is 343. The van der Waals surface area contributed by atoms with Crippen LogP contribution in [-0.2, 0) is 4.74 Å². The fourth-order valence-electron chi connectivity index (χ4n) is 1.17. The molecule has 15 heavy (non-hydrogen) atoms. The zero-order chi connectivity index (χ0) is 11.4. The van der Waals surface area contributed by atoms with Gasteiger partial charge in [0.15, 0.2) is 6.79 Å². The highest BCUT2D eigenvalue weighted by Crippen LogP contribution is 2.23. The fraction of sp³-hybridized carbons (Fsp3) is 0.333. The smallest absolute Gasteiger partial charge is 0.467 e. The van der Waals surface area contributed by atoms with Crippen LogP contribution in [0.1, 0.15) is 5.56 Å². The van der Waals surface area contributed by atoms with E-state index in [1.165, 1.54) is 13.2 Å². The van der Waals surface area contributed by atoms with Gasteiger partial charge in [-0.25, -0.2) is 0 Å². The van der Waals surface area contributed by atoms with Crippen LogP contribution in [0.5, 0.6) is 5.75 Å². The lowest BCUT2D eigenvalue weighted by Crippen LogP contribution is -2.31. The Kier molecular flexibility index (Phi) is 4.41. The fourth-order valence-corrected chi connectivity index (χ4v) is 1.42. The molecule has 0 amide bonds. The number of benzene rings is 1. The molecule has 0 fully saturated rings. The largest absolute Gasteiger partial charge is 0.489 e. The van der Waals surface area contributed by atoms with Gasteiger partial charge in [-0.2, -0.15) is 0 Å². The normalized spacial score (nSPS) is 10.2. The molecule has 0 atom stereocenters. The summed E-state index contributed by atoms with van der Waals surface area (Å²) in [6.45, 7) is 1.86. The van der Waals surface area contributed by atoms with Crippen molar-refractivity contribution in [3.63, 3.8) is 0 Å². The summed E-state index contributed by atoms with van der Waals surface area (Å²) in [5, 5.41) is 18.3. The second-order valence-corrected chi connectivity index (χ2v) is 3.39. The zero-order valence-corrected chi connectivity index (χ0v) is 9.28. The molecule has 0 saturated carbocycles. The van der Waals surface area contributed by atoms with Crippen LogP contribution < -0.4 is 10.2 Å². The van der Waals surface area contributed by atoms with E-state index in [2.05, 4.69) is 0 Å². The van der Waals surface area contributed by atoms with Crippen LogP contribution in [0.2, 0.25) is 5.02 Å². The average Bonchev–Trinajstić information content (AvgIpc) is 2.20. The minimum absolute atomic E-state index is 0.123. The van der Waals surface area contributed by atoms with Crippen LogP contribution in [0, 0.1) is 6.92 Å². The lowest BCUT2D eigenvalue weighted by molar-refractivity contribution is 0.0506. The van der Waals surface area contributed by atoms with E-state index in [-0.39, 0.29) is 12.3 Å². The molecule has 0 aromatic heterocycles. The molecule has 2 N–H and O–H groups in total. The molecule has 0 aliphatic carbocycles. The number of ether oxygens (including phenoxy) is 2. The molecule has 4 nitrogen and oxygen atoms in total. The molecule has 0 heterocycles. The highest BCUT2D eigenvalue weighted by Gasteiger charge is 2.18. The molecule has 0 unspecified atom stereocenters. The van der Waals surface area contributed by atoms with Crippen LogP contribution in [0.25, 0.3) is 0 Å². The lowest BCUT2D eigenvalue weighted by Gasteiger charge is -2.12. The minimum atomic E-state index is -1.58. The number of methoxy groups -OCH3 is 1. The van der Waals surface area contributed by atoms with Crippen molar-refractivity contribution in [1.29, 1.82) is 0 Å². The maximum Gasteiger partial charge on any atom is 0.489 e. The molecule has 1 rings (SSSR count). The second-order valence-electron chi connectivity index (χ2n) is 3.02. The molecule has 0 spiro atoms. The van der Waals surface area contributed by atoms with E-state index in [0.29, 0.717) is 16.3 Å². The van der Waals surface area contributed by atoms with Crippen LogP contribution in [0.15, 0.2) is 12.1 Å². The van der Waals surface area contributed by atoms with Crippen molar-refractivity contribution in [2.24, 2.45) is 0 Å². The van der Waals surface area contributed by atoms with Gasteiger partial charge in [0.1, 0.15) is 5.75 Å². The Morgan fingerprint density at radius 2 is 2.07 bits per heavy atom. The lowest BCUT2D eigenvalue weighted by atomic mass is 9.79. The predicted molar refractivity (Wildman–Crippen MR) is 58.5 cm³/mol. The molecular weight excluding hydrogens is 218 g/mol. The Labute approximate surface area is 93.5 Å². The van der Waals surface area contributed by atoms with Gasteiger partial charge in [-0.3, -0.25) is 0 Å². The Morgan fingerprint density at radius 1 is 1.40 bits per heavy atom. The third-order valence-corrected chi connectivity index (χ3v) is 2.48. The highest BCUT2D eigenvalue weighted by atomic mass is 35.5. The highest BCUT2D eigenvalue weighted by molar-refractivity contribution is 6.62. The molecule has 82 valence electrons. The minimum Gasteiger partial charge on any atom is -0.467 e. The zero-order valence-electron chi connectivity index (χ0n) is 8.53. The number of hydrogen-bond acceptors (Lipinski definition) is 4. The average molecular weight is 230 g/mol. The summed E-state index contributed by atoms with van der Waals surface area (Å²) >= 11 is 5.93. The first kappa shape index (κ1) is 12.3. The third kappa shape index (κ3) is 2.85. The maximum atomic E-state index is 9.00. The van der Waals surface area contributed by atoms with E-state index in [9.17, 15) is 0 Å². The number of hydrogen-bond donors (Lipinski definition) is 2. The molecule has 0 saturated heterocycles. The first-order valence-corrected chi connectivity index (χ1v) is 4.72. The molecule has 0 bridgehead atoms. The van der Waals surface area contributed by atoms with Crippen molar-refractivity contribution in [3.05, 3.63) is 22.7 Å². The topological polar surface area (TPSA) is 58.9 Å². The van der Waals surface area contributed by atoms with Crippen molar-refractivity contribution in [2.75, 3.05) is 13.9 Å². The first-order chi connectivity index (χ1) is 7.07. The molecule has 0 aliphatic rings. The monoisotopic (exact) mass is 230 g/mol. The van der Waals surface area contributed by atoms with Gasteiger partial charge in [0.2, 0.25) is 0 Å². The van der Waals surface area contributed by atoms with Gasteiger partial charge in [-0.15, -0.1) is 0 Å². The predicted octanol–water partition coefficient (Wildman–Crippen LogP) is 0.311. The van der Waals surface area contributed by atoms with Crippen LogP contribution in [-0.4, -0.2) is 31.1 Å². The first-order valence-electron chi connectivity index (χ1n) is 4.34. The molecule has 6 heteroatoms. The van der Waals surface area contributed by atoms with E-state index in [0.717, 1.165) is 0 Å². The van der Waals surface area contributed by atoms with Gasteiger partial charge in [0.25, 0.3) is 0 Å². The van der Waals surface area contributed by atoms with Crippen molar-refractivity contribution in [3.8, 4) is 5.75 Å². The molecule has 0 aliphatic heterocycles. The summed E-state index contributed by atoms with van der Waals surface area (Å²) in [4.78, 5) is 0. The Hall–Kier alpha value is -0.745.